The molecule has 2 aliphatic rings. The van der Waals surface area contributed by atoms with Gasteiger partial charge in [0.25, 0.3) is 0 Å². The van der Waals surface area contributed by atoms with Crippen LogP contribution in [-0.2, 0) is 4.74 Å². The summed E-state index contributed by atoms with van der Waals surface area (Å²) in [6, 6.07) is 0. The van der Waals surface area contributed by atoms with Crippen LogP contribution in [0.15, 0.2) is 23.0 Å². The molecule has 0 N–H and O–H groups in total. The molecule has 0 radical (unpaired) electrons. The van der Waals surface area contributed by atoms with Crippen LogP contribution in [0, 0.1) is 0 Å². The minimum Gasteiger partial charge on any atom is -0.498 e. The van der Waals surface area contributed by atoms with Crippen molar-refractivity contribution in [3.05, 3.63) is 23.0 Å². The van der Waals surface area contributed by atoms with Crippen LogP contribution < -0.4 is 0 Å². The van der Waals surface area contributed by atoms with Crippen molar-refractivity contribution >= 4 is 0 Å². The van der Waals surface area contributed by atoms with E-state index in [2.05, 4.69) is 13.0 Å². The molecule has 0 saturated carbocycles. The molecular formula is C12H18O. The summed E-state index contributed by atoms with van der Waals surface area (Å²) in [6.07, 6.45) is 10.1. The van der Waals surface area contributed by atoms with Gasteiger partial charge in [0.1, 0.15) is 0 Å². The van der Waals surface area contributed by atoms with Crippen molar-refractivity contribution in [3.8, 4) is 0 Å². The van der Waals surface area contributed by atoms with E-state index in [0.29, 0.717) is 0 Å². The Bertz CT molecular complexity index is 248. The molecular weight excluding hydrogens is 160 g/mol. The third-order valence-corrected chi connectivity index (χ3v) is 2.97. The van der Waals surface area contributed by atoms with Crippen molar-refractivity contribution < 1.29 is 4.74 Å². The highest BCUT2D eigenvalue weighted by atomic mass is 16.5. The van der Waals surface area contributed by atoms with Crippen molar-refractivity contribution in [2.45, 2.75) is 45.4 Å². The van der Waals surface area contributed by atoms with Crippen molar-refractivity contribution in [1.29, 1.82) is 0 Å². The van der Waals surface area contributed by atoms with Crippen LogP contribution in [0.4, 0.5) is 0 Å². The first-order valence-electron chi connectivity index (χ1n) is 5.44. The summed E-state index contributed by atoms with van der Waals surface area (Å²) < 4.78 is 5.56. The lowest BCUT2D eigenvalue weighted by atomic mass is 9.85. The Labute approximate surface area is 80.5 Å². The molecule has 0 unspecified atom stereocenters. The van der Waals surface area contributed by atoms with Gasteiger partial charge in [-0.3, -0.25) is 0 Å². The number of rotatable bonds is 2. The molecule has 0 aromatic carbocycles. The highest BCUT2D eigenvalue weighted by Gasteiger charge is 2.16. The first-order chi connectivity index (χ1) is 6.40. The minimum absolute atomic E-state index is 0.814. The lowest BCUT2D eigenvalue weighted by molar-refractivity contribution is 0.216. The fourth-order valence-corrected chi connectivity index (χ4v) is 2.29. The second kappa shape index (κ2) is 3.99. The van der Waals surface area contributed by atoms with Gasteiger partial charge in [0.15, 0.2) is 0 Å². The highest BCUT2D eigenvalue weighted by Crippen LogP contribution is 2.34. The van der Waals surface area contributed by atoms with E-state index >= 15 is 0 Å². The summed E-state index contributed by atoms with van der Waals surface area (Å²) in [5.41, 5.74) is 3.29. The van der Waals surface area contributed by atoms with Crippen LogP contribution in [0.3, 0.4) is 0 Å². The summed E-state index contributed by atoms with van der Waals surface area (Å²) >= 11 is 0. The number of hydrogen-bond donors (Lipinski definition) is 0. The van der Waals surface area contributed by atoms with Crippen molar-refractivity contribution in [2.75, 3.05) is 6.61 Å². The lowest BCUT2D eigenvalue weighted by Crippen LogP contribution is -2.06. The molecule has 0 heterocycles. The van der Waals surface area contributed by atoms with Gasteiger partial charge < -0.3 is 4.74 Å². The van der Waals surface area contributed by atoms with Crippen LogP contribution >= 0.6 is 0 Å². The second-order valence-corrected chi connectivity index (χ2v) is 3.88. The van der Waals surface area contributed by atoms with Gasteiger partial charge in [-0.25, -0.2) is 0 Å². The largest absolute Gasteiger partial charge is 0.498 e. The zero-order chi connectivity index (χ0) is 9.10. The maximum atomic E-state index is 5.56. The Morgan fingerprint density at radius 3 is 2.85 bits per heavy atom. The van der Waals surface area contributed by atoms with E-state index in [-0.39, 0.29) is 0 Å². The Morgan fingerprint density at radius 1 is 1.15 bits per heavy atom. The summed E-state index contributed by atoms with van der Waals surface area (Å²) in [7, 11) is 0. The molecule has 2 rings (SSSR count). The third-order valence-electron chi connectivity index (χ3n) is 2.97. The van der Waals surface area contributed by atoms with E-state index in [1.165, 1.54) is 37.9 Å². The molecule has 0 aliphatic heterocycles. The first kappa shape index (κ1) is 8.86. The first-order valence-corrected chi connectivity index (χ1v) is 5.44. The summed E-state index contributed by atoms with van der Waals surface area (Å²) in [4.78, 5) is 0. The fourth-order valence-electron chi connectivity index (χ4n) is 2.29. The molecule has 0 amide bonds. The Hall–Kier alpha value is -0.720. The van der Waals surface area contributed by atoms with E-state index in [0.717, 1.165) is 13.0 Å². The zero-order valence-electron chi connectivity index (χ0n) is 8.44. The number of hydrogen-bond acceptors (Lipinski definition) is 1. The molecule has 1 nitrogen and oxygen atoms in total. The van der Waals surface area contributed by atoms with E-state index in [1.54, 1.807) is 11.1 Å². The van der Waals surface area contributed by atoms with Crippen molar-refractivity contribution in [1.82, 2.24) is 0 Å². The van der Waals surface area contributed by atoms with Crippen LogP contribution in [0.1, 0.15) is 45.4 Å². The molecule has 2 aliphatic carbocycles. The molecule has 0 aromatic heterocycles. The summed E-state index contributed by atoms with van der Waals surface area (Å²) in [6.45, 7) is 2.88. The van der Waals surface area contributed by atoms with Gasteiger partial charge in [0.05, 0.1) is 12.4 Å². The predicted octanol–water partition coefficient (Wildman–Crippen LogP) is 3.57. The predicted molar refractivity (Wildman–Crippen MR) is 54.4 cm³/mol. The van der Waals surface area contributed by atoms with Crippen LogP contribution in [0.5, 0.6) is 0 Å². The van der Waals surface area contributed by atoms with E-state index in [1.807, 2.05) is 0 Å². The minimum atomic E-state index is 0.814. The van der Waals surface area contributed by atoms with Gasteiger partial charge in [-0.15, -0.1) is 0 Å². The zero-order valence-corrected chi connectivity index (χ0v) is 8.44. The second-order valence-electron chi connectivity index (χ2n) is 3.88. The smallest absolute Gasteiger partial charge is 0.0965 e. The van der Waals surface area contributed by atoms with Gasteiger partial charge in [-0.2, -0.15) is 0 Å². The number of allylic oxidation sites excluding steroid dienone is 4. The molecule has 1 heteroatoms. The molecule has 0 spiro atoms. The average molecular weight is 178 g/mol. The van der Waals surface area contributed by atoms with Crippen LogP contribution in [0.25, 0.3) is 0 Å². The molecule has 72 valence electrons. The van der Waals surface area contributed by atoms with Gasteiger partial charge in [0.2, 0.25) is 0 Å². The fraction of sp³-hybridized carbons (Fsp3) is 0.667. The van der Waals surface area contributed by atoms with E-state index in [9.17, 15) is 0 Å². The van der Waals surface area contributed by atoms with Crippen molar-refractivity contribution in [3.63, 3.8) is 0 Å². The molecule has 0 aromatic rings. The van der Waals surface area contributed by atoms with Crippen molar-refractivity contribution in [2.24, 2.45) is 0 Å². The molecule has 0 atom stereocenters. The van der Waals surface area contributed by atoms with E-state index in [4.69, 9.17) is 4.74 Å². The Balaban J connectivity index is 2.11. The average Bonchev–Trinajstić information content (AvgIpc) is 2.18. The van der Waals surface area contributed by atoms with Gasteiger partial charge in [0, 0.05) is 6.42 Å². The summed E-state index contributed by atoms with van der Waals surface area (Å²) in [5.74, 6) is 1.21. The molecule has 0 fully saturated rings. The quantitative estimate of drug-likeness (QED) is 0.628. The van der Waals surface area contributed by atoms with Crippen LogP contribution in [0.2, 0.25) is 0 Å². The Morgan fingerprint density at radius 2 is 2.00 bits per heavy atom. The monoisotopic (exact) mass is 178 g/mol. The lowest BCUT2D eigenvalue weighted by Gasteiger charge is -2.23. The Kier molecular flexibility index (Phi) is 2.72. The highest BCUT2D eigenvalue weighted by molar-refractivity contribution is 5.33. The normalized spacial score (nSPS) is 22.4. The van der Waals surface area contributed by atoms with Gasteiger partial charge in [-0.05, 0) is 50.7 Å². The van der Waals surface area contributed by atoms with Gasteiger partial charge in [-0.1, -0.05) is 5.57 Å². The SMILES string of the molecule is CCOC1=CC2=C(CCCC2)CC1. The van der Waals surface area contributed by atoms with E-state index < -0.39 is 0 Å². The maximum Gasteiger partial charge on any atom is 0.0965 e. The third kappa shape index (κ3) is 1.96. The molecule has 13 heavy (non-hydrogen) atoms. The standard InChI is InChI=1S/C12H18O/c1-2-13-12-8-7-10-5-3-4-6-11(10)9-12/h9H,2-8H2,1H3. The number of ether oxygens (including phenoxy) is 1. The topological polar surface area (TPSA) is 9.23 Å². The van der Waals surface area contributed by atoms with Gasteiger partial charge >= 0.3 is 0 Å². The summed E-state index contributed by atoms with van der Waals surface area (Å²) in [5, 5.41) is 0. The molecule has 0 bridgehead atoms. The van der Waals surface area contributed by atoms with Crippen LogP contribution in [-0.4, -0.2) is 6.61 Å². The molecule has 0 saturated heterocycles. The maximum absolute atomic E-state index is 5.56.